The molecule has 1 atom stereocenters. The van der Waals surface area contributed by atoms with E-state index < -0.39 is 6.36 Å². The summed E-state index contributed by atoms with van der Waals surface area (Å²) in [5.74, 6) is 0.522. The number of rotatable bonds is 10. The third-order valence-electron chi connectivity index (χ3n) is 8.29. The number of hydrogen-bond donors (Lipinski definition) is 1. The molecule has 0 unspecified atom stereocenters. The van der Waals surface area contributed by atoms with Gasteiger partial charge < -0.3 is 19.9 Å². The van der Waals surface area contributed by atoms with Crippen molar-refractivity contribution in [2.75, 3.05) is 26.2 Å². The summed E-state index contributed by atoms with van der Waals surface area (Å²) in [7, 11) is 0. The van der Waals surface area contributed by atoms with Gasteiger partial charge in [0.15, 0.2) is 0 Å². The van der Waals surface area contributed by atoms with E-state index in [-0.39, 0.29) is 41.4 Å². The molecule has 218 valence electrons. The minimum absolute atomic E-state index is 0. The molecule has 1 aliphatic carbocycles. The summed E-state index contributed by atoms with van der Waals surface area (Å²) in [6.45, 7) is 3.74. The first kappa shape index (κ1) is 30.2. The molecule has 40 heavy (non-hydrogen) atoms. The summed E-state index contributed by atoms with van der Waals surface area (Å²) in [6, 6.07) is 15.9. The van der Waals surface area contributed by atoms with Gasteiger partial charge in [-0.2, -0.15) is 0 Å². The lowest BCUT2D eigenvalue weighted by molar-refractivity contribution is -0.274. The number of halogens is 4. The van der Waals surface area contributed by atoms with Gasteiger partial charge in [-0.1, -0.05) is 42.5 Å². The summed E-state index contributed by atoms with van der Waals surface area (Å²) in [5, 5.41) is 3.26. The number of piperidine rings is 1. The van der Waals surface area contributed by atoms with Gasteiger partial charge >= 0.3 is 6.36 Å². The molecular weight excluding hydrogens is 543 g/mol. The van der Waals surface area contributed by atoms with Crippen LogP contribution in [0.25, 0.3) is 0 Å². The number of hydrogen-bond acceptors (Lipinski definition) is 4. The van der Waals surface area contributed by atoms with E-state index in [2.05, 4.69) is 27.1 Å². The molecule has 6 nitrogen and oxygen atoms in total. The van der Waals surface area contributed by atoms with Crippen LogP contribution < -0.4 is 10.1 Å². The van der Waals surface area contributed by atoms with Crippen LogP contribution in [-0.2, 0) is 16.1 Å². The van der Waals surface area contributed by atoms with E-state index >= 15 is 0 Å². The summed E-state index contributed by atoms with van der Waals surface area (Å²) >= 11 is 0. The van der Waals surface area contributed by atoms with Gasteiger partial charge in [-0.05, 0) is 79.8 Å². The Hall–Kier alpha value is -2.78. The van der Waals surface area contributed by atoms with Crippen molar-refractivity contribution in [3.63, 3.8) is 0 Å². The molecule has 0 radical (unpaired) electrons. The number of carbonyl (C=O) groups excluding carboxylic acids is 2. The molecule has 2 heterocycles. The smallest absolute Gasteiger partial charge is 0.406 e. The number of benzene rings is 2. The number of nitrogens with one attached hydrogen (secondary N) is 1. The van der Waals surface area contributed by atoms with Crippen molar-refractivity contribution in [2.45, 2.75) is 63.9 Å². The largest absolute Gasteiger partial charge is 0.573 e. The highest BCUT2D eigenvalue weighted by atomic mass is 35.5. The predicted molar refractivity (Wildman–Crippen MR) is 148 cm³/mol. The van der Waals surface area contributed by atoms with Crippen LogP contribution in [-0.4, -0.2) is 54.2 Å². The fraction of sp³-hybridized carbons (Fsp3) is 0.533. The van der Waals surface area contributed by atoms with Crippen molar-refractivity contribution in [1.29, 1.82) is 0 Å². The molecule has 0 bridgehead atoms. The van der Waals surface area contributed by atoms with Gasteiger partial charge in [-0.15, -0.1) is 25.6 Å². The van der Waals surface area contributed by atoms with Crippen molar-refractivity contribution >= 4 is 24.2 Å². The van der Waals surface area contributed by atoms with Crippen LogP contribution in [0.15, 0.2) is 54.6 Å². The van der Waals surface area contributed by atoms with E-state index in [0.717, 1.165) is 62.9 Å². The second-order valence-electron chi connectivity index (χ2n) is 11.4. The number of likely N-dealkylation sites (tertiary alicyclic amines) is 2. The minimum Gasteiger partial charge on any atom is -0.406 e. The molecule has 2 aromatic carbocycles. The molecule has 2 aromatic rings. The van der Waals surface area contributed by atoms with E-state index in [0.29, 0.717) is 31.8 Å². The Morgan fingerprint density at radius 2 is 1.73 bits per heavy atom. The Morgan fingerprint density at radius 1 is 1.05 bits per heavy atom. The monoisotopic (exact) mass is 579 g/mol. The molecule has 2 saturated heterocycles. The standard InChI is InChI=1S/C30H36F3N3O3.ClH/c31-30(32,33)39-25-10-8-23(9-11-25)20-36-21-29(19-28(36)38)13-16-35(17-14-29)15-12-26(24-4-2-1-3-5-24)34-27(37)18-22-6-7-22;/h1-5,8-11,22,26H,6-7,12-21H2,(H,34,37);1H/t26-;/m0./s1. The Morgan fingerprint density at radius 3 is 2.35 bits per heavy atom. The van der Waals surface area contributed by atoms with Gasteiger partial charge in [-0.25, -0.2) is 0 Å². The lowest BCUT2D eigenvalue weighted by Gasteiger charge is -2.39. The first-order valence-electron chi connectivity index (χ1n) is 13.9. The maximum atomic E-state index is 12.8. The molecule has 5 rings (SSSR count). The SMILES string of the molecule is Cl.O=C(CC1CC1)N[C@@H](CCN1CCC2(CC1)CC(=O)N(Cc1ccc(OC(F)(F)F)cc1)C2)c1ccccc1. The number of alkyl halides is 3. The normalized spacial score (nSPS) is 19.8. The number of carbonyl (C=O) groups is 2. The van der Waals surface area contributed by atoms with E-state index in [1.54, 1.807) is 12.1 Å². The third-order valence-corrected chi connectivity index (χ3v) is 8.29. The van der Waals surface area contributed by atoms with Crippen LogP contribution in [0.2, 0.25) is 0 Å². The second-order valence-corrected chi connectivity index (χ2v) is 11.4. The summed E-state index contributed by atoms with van der Waals surface area (Å²) in [6.07, 6.45) is 1.41. The van der Waals surface area contributed by atoms with Crippen molar-refractivity contribution in [2.24, 2.45) is 11.3 Å². The van der Waals surface area contributed by atoms with Crippen molar-refractivity contribution in [1.82, 2.24) is 15.1 Å². The van der Waals surface area contributed by atoms with Gasteiger partial charge in [0.1, 0.15) is 5.75 Å². The number of nitrogens with zero attached hydrogens (tertiary/aromatic N) is 2. The van der Waals surface area contributed by atoms with Gasteiger partial charge in [0, 0.05) is 32.5 Å². The molecule has 2 aliphatic heterocycles. The Labute approximate surface area is 239 Å². The van der Waals surface area contributed by atoms with Crippen LogP contribution in [0.5, 0.6) is 5.75 Å². The highest BCUT2D eigenvalue weighted by molar-refractivity contribution is 5.85. The van der Waals surface area contributed by atoms with Crippen LogP contribution >= 0.6 is 12.4 Å². The zero-order valence-electron chi connectivity index (χ0n) is 22.5. The summed E-state index contributed by atoms with van der Waals surface area (Å²) < 4.78 is 41.2. The number of ether oxygens (including phenoxy) is 1. The highest BCUT2D eigenvalue weighted by Gasteiger charge is 2.44. The molecule has 1 saturated carbocycles. The first-order chi connectivity index (χ1) is 18.7. The van der Waals surface area contributed by atoms with Gasteiger partial charge in [0.2, 0.25) is 11.8 Å². The lowest BCUT2D eigenvalue weighted by Crippen LogP contribution is -2.42. The predicted octanol–water partition coefficient (Wildman–Crippen LogP) is 5.87. The van der Waals surface area contributed by atoms with Crippen LogP contribution in [0.3, 0.4) is 0 Å². The molecule has 0 aromatic heterocycles. The minimum atomic E-state index is -4.72. The highest BCUT2D eigenvalue weighted by Crippen LogP contribution is 2.42. The Balaban J connectivity index is 0.00000370. The molecule has 1 spiro atoms. The van der Waals surface area contributed by atoms with E-state index in [1.807, 2.05) is 23.1 Å². The van der Waals surface area contributed by atoms with Crippen LogP contribution in [0.1, 0.15) is 62.1 Å². The molecule has 2 amide bonds. The number of amides is 2. The lowest BCUT2D eigenvalue weighted by atomic mass is 9.77. The second kappa shape index (κ2) is 12.8. The Kier molecular flexibility index (Phi) is 9.67. The average molecular weight is 580 g/mol. The molecule has 10 heteroatoms. The zero-order valence-corrected chi connectivity index (χ0v) is 23.3. The summed E-state index contributed by atoms with van der Waals surface area (Å²) in [5.41, 5.74) is 1.86. The quantitative estimate of drug-likeness (QED) is 0.382. The van der Waals surface area contributed by atoms with Crippen LogP contribution in [0, 0.1) is 11.3 Å². The molecule has 1 N–H and O–H groups in total. The topological polar surface area (TPSA) is 61.9 Å². The third kappa shape index (κ3) is 8.36. The zero-order chi connectivity index (χ0) is 27.5. The van der Waals surface area contributed by atoms with Gasteiger partial charge in [-0.3, -0.25) is 9.59 Å². The maximum Gasteiger partial charge on any atom is 0.573 e. The average Bonchev–Trinajstić information content (AvgIpc) is 3.66. The van der Waals surface area contributed by atoms with Crippen LogP contribution in [0.4, 0.5) is 13.2 Å². The molecular formula is C30H37ClF3N3O3. The molecule has 3 fully saturated rings. The molecule has 3 aliphatic rings. The van der Waals surface area contributed by atoms with E-state index in [4.69, 9.17) is 0 Å². The maximum absolute atomic E-state index is 12.8. The Bertz CT molecular complexity index is 1130. The van der Waals surface area contributed by atoms with E-state index in [9.17, 15) is 22.8 Å². The van der Waals surface area contributed by atoms with Gasteiger partial charge in [0.25, 0.3) is 0 Å². The van der Waals surface area contributed by atoms with Crippen molar-refractivity contribution in [3.05, 3.63) is 65.7 Å². The fourth-order valence-electron chi connectivity index (χ4n) is 5.89. The van der Waals surface area contributed by atoms with Gasteiger partial charge in [0.05, 0.1) is 6.04 Å². The fourth-order valence-corrected chi connectivity index (χ4v) is 5.89. The van der Waals surface area contributed by atoms with Crippen molar-refractivity contribution in [3.8, 4) is 5.75 Å². The summed E-state index contributed by atoms with van der Waals surface area (Å²) in [4.78, 5) is 29.7. The van der Waals surface area contributed by atoms with E-state index in [1.165, 1.54) is 12.1 Å². The first-order valence-corrected chi connectivity index (χ1v) is 13.9. The van der Waals surface area contributed by atoms with Crippen molar-refractivity contribution < 1.29 is 27.5 Å².